The summed E-state index contributed by atoms with van der Waals surface area (Å²) >= 11 is 0. The first kappa shape index (κ1) is 8.52. The first-order chi connectivity index (χ1) is 4.41. The quantitative estimate of drug-likeness (QED) is 0.385. The number of unbranched alkanes of at least 4 members (excludes halogenated alkanes) is 2. The minimum Gasteiger partial charge on any atom is -0.242 e. The molecule has 0 saturated carbocycles. The van der Waals surface area contributed by atoms with Crippen molar-refractivity contribution in [1.82, 2.24) is 5.32 Å². The molecule has 0 unspecified atom stereocenters. The van der Waals surface area contributed by atoms with Gasteiger partial charge in [0.2, 0.25) is 0 Å². The molecule has 0 heterocycles. The minimum absolute atomic E-state index is 0.846. The van der Waals surface area contributed by atoms with Crippen LogP contribution in [-0.2, 0) is 0 Å². The van der Waals surface area contributed by atoms with E-state index in [9.17, 15) is 0 Å². The largest absolute Gasteiger partial charge is 0.242 e. The van der Waals surface area contributed by atoms with E-state index in [4.69, 9.17) is 6.42 Å². The molecule has 0 atom stereocenters. The molecule has 0 bridgehead atoms. The van der Waals surface area contributed by atoms with Crippen LogP contribution in [0.1, 0.15) is 19.8 Å². The molecule has 0 fully saturated rings. The van der Waals surface area contributed by atoms with Crippen molar-refractivity contribution >= 4 is 0 Å². The van der Waals surface area contributed by atoms with Crippen LogP contribution in [0.3, 0.4) is 0 Å². The summed E-state index contributed by atoms with van der Waals surface area (Å²) in [5.41, 5.74) is 0. The van der Waals surface area contributed by atoms with E-state index in [0.29, 0.717) is 0 Å². The van der Waals surface area contributed by atoms with Crippen molar-refractivity contribution in [2.45, 2.75) is 19.8 Å². The van der Waals surface area contributed by atoms with E-state index in [0.717, 1.165) is 25.9 Å². The van der Waals surface area contributed by atoms with Crippen LogP contribution in [-0.4, -0.2) is 13.1 Å². The Bertz CT molecular complexity index is 81.1. The second-order valence-electron chi connectivity index (χ2n) is 1.75. The maximum atomic E-state index is 5.04. The lowest BCUT2D eigenvalue weighted by atomic mass is 10.2. The molecule has 0 N–H and O–H groups in total. The molecule has 1 heteroatoms. The fraction of sp³-hybridized carbons (Fsp3) is 0.625. The van der Waals surface area contributed by atoms with E-state index in [1.165, 1.54) is 0 Å². The Morgan fingerprint density at radius 2 is 2.44 bits per heavy atom. The van der Waals surface area contributed by atoms with Crippen LogP contribution in [0.5, 0.6) is 0 Å². The van der Waals surface area contributed by atoms with Gasteiger partial charge < -0.3 is 0 Å². The summed E-state index contributed by atoms with van der Waals surface area (Å²) in [6.07, 6.45) is 9.00. The lowest BCUT2D eigenvalue weighted by Gasteiger charge is -1.94. The standard InChI is InChI=1S/C8H13N/c1-3-5-6-7-8-9-4-2/h1,7H,4-6,8H2,2H3. The van der Waals surface area contributed by atoms with Crippen molar-refractivity contribution < 1.29 is 0 Å². The maximum Gasteiger partial charge on any atom is 0.0165 e. The summed E-state index contributed by atoms with van der Waals surface area (Å²) in [6.45, 7) is 3.81. The average Bonchev–Trinajstić information content (AvgIpc) is 1.89. The van der Waals surface area contributed by atoms with Gasteiger partial charge in [-0.15, -0.1) is 12.3 Å². The van der Waals surface area contributed by atoms with Crippen LogP contribution in [0.15, 0.2) is 0 Å². The van der Waals surface area contributed by atoms with Crippen molar-refractivity contribution in [3.8, 4) is 12.3 Å². The highest BCUT2D eigenvalue weighted by atomic mass is 14.8. The number of hydrogen-bond acceptors (Lipinski definition) is 0. The Balaban J connectivity index is 2.69. The summed E-state index contributed by atoms with van der Waals surface area (Å²) in [5, 5.41) is 4.12. The molecule has 0 spiro atoms. The molecular weight excluding hydrogens is 110 g/mol. The molecule has 2 radical (unpaired) electrons. The number of nitrogens with zero attached hydrogens (tertiary/aromatic N) is 1. The van der Waals surface area contributed by atoms with E-state index in [-0.39, 0.29) is 0 Å². The highest BCUT2D eigenvalue weighted by Gasteiger charge is 1.84. The predicted molar refractivity (Wildman–Crippen MR) is 39.9 cm³/mol. The molecule has 9 heavy (non-hydrogen) atoms. The minimum atomic E-state index is 0.846. The van der Waals surface area contributed by atoms with Crippen LogP contribution in [0, 0.1) is 18.8 Å². The molecular formula is C8H13N. The Hall–Kier alpha value is -0.480. The van der Waals surface area contributed by atoms with E-state index >= 15 is 0 Å². The highest BCUT2D eigenvalue weighted by Crippen LogP contribution is 1.89. The van der Waals surface area contributed by atoms with Gasteiger partial charge in [-0.3, -0.25) is 0 Å². The number of terminal acetylenes is 1. The van der Waals surface area contributed by atoms with Crippen molar-refractivity contribution in [3.63, 3.8) is 0 Å². The van der Waals surface area contributed by atoms with Crippen LogP contribution in [0.25, 0.3) is 0 Å². The van der Waals surface area contributed by atoms with E-state index in [2.05, 4.69) is 17.7 Å². The lowest BCUT2D eigenvalue weighted by molar-refractivity contribution is 0.731. The van der Waals surface area contributed by atoms with Gasteiger partial charge in [0.1, 0.15) is 0 Å². The van der Waals surface area contributed by atoms with Gasteiger partial charge in [-0.25, -0.2) is 5.32 Å². The summed E-state index contributed by atoms with van der Waals surface area (Å²) in [5.74, 6) is 2.57. The van der Waals surface area contributed by atoms with Gasteiger partial charge in [0, 0.05) is 19.5 Å². The van der Waals surface area contributed by atoms with Gasteiger partial charge in [-0.05, 0) is 12.8 Å². The Labute approximate surface area is 57.8 Å². The molecule has 50 valence electrons. The number of hydrogen-bond donors (Lipinski definition) is 0. The maximum absolute atomic E-state index is 5.04. The molecule has 0 aromatic heterocycles. The Morgan fingerprint density at radius 1 is 1.67 bits per heavy atom. The Kier molecular flexibility index (Phi) is 7.12. The molecule has 0 aromatic carbocycles. The third-order valence-corrected chi connectivity index (χ3v) is 0.975. The first-order valence-electron chi connectivity index (χ1n) is 3.30. The second-order valence-corrected chi connectivity index (χ2v) is 1.75. The van der Waals surface area contributed by atoms with Gasteiger partial charge in [0.05, 0.1) is 0 Å². The first-order valence-corrected chi connectivity index (χ1v) is 3.30. The summed E-state index contributed by atoms with van der Waals surface area (Å²) in [7, 11) is 0. The van der Waals surface area contributed by atoms with E-state index in [1.807, 2.05) is 6.92 Å². The summed E-state index contributed by atoms with van der Waals surface area (Å²) in [4.78, 5) is 0. The second kappa shape index (κ2) is 7.52. The molecule has 0 amide bonds. The van der Waals surface area contributed by atoms with Crippen molar-refractivity contribution in [3.05, 3.63) is 6.42 Å². The van der Waals surface area contributed by atoms with Gasteiger partial charge in [0.25, 0.3) is 0 Å². The molecule has 0 aromatic rings. The van der Waals surface area contributed by atoms with Gasteiger partial charge in [-0.1, -0.05) is 6.92 Å². The summed E-state index contributed by atoms with van der Waals surface area (Å²) in [6, 6.07) is 0. The zero-order valence-electron chi connectivity index (χ0n) is 5.93. The normalized spacial score (nSPS) is 8.89. The van der Waals surface area contributed by atoms with Crippen LogP contribution < -0.4 is 5.32 Å². The molecule has 0 aliphatic carbocycles. The monoisotopic (exact) mass is 123 g/mol. The van der Waals surface area contributed by atoms with E-state index in [1.54, 1.807) is 0 Å². The third kappa shape index (κ3) is 7.52. The molecule has 0 aliphatic rings. The predicted octanol–water partition coefficient (Wildman–Crippen LogP) is 1.23. The summed E-state index contributed by atoms with van der Waals surface area (Å²) < 4.78 is 0. The third-order valence-electron chi connectivity index (χ3n) is 0.975. The van der Waals surface area contributed by atoms with Crippen molar-refractivity contribution in [2.24, 2.45) is 0 Å². The zero-order valence-corrected chi connectivity index (χ0v) is 5.93. The highest BCUT2D eigenvalue weighted by molar-refractivity contribution is 4.86. The average molecular weight is 123 g/mol. The van der Waals surface area contributed by atoms with Gasteiger partial charge in [0.15, 0.2) is 0 Å². The van der Waals surface area contributed by atoms with Crippen molar-refractivity contribution in [2.75, 3.05) is 13.1 Å². The van der Waals surface area contributed by atoms with Gasteiger partial charge in [-0.2, -0.15) is 0 Å². The van der Waals surface area contributed by atoms with Gasteiger partial charge >= 0.3 is 0 Å². The molecule has 0 saturated heterocycles. The van der Waals surface area contributed by atoms with Crippen LogP contribution in [0.2, 0.25) is 0 Å². The molecule has 1 nitrogen and oxygen atoms in total. The lowest BCUT2D eigenvalue weighted by Crippen LogP contribution is -2.05. The zero-order chi connectivity index (χ0) is 6.95. The fourth-order valence-corrected chi connectivity index (χ4v) is 0.497. The number of rotatable bonds is 5. The molecule has 0 aliphatic heterocycles. The smallest absolute Gasteiger partial charge is 0.0165 e. The van der Waals surface area contributed by atoms with Crippen LogP contribution in [0.4, 0.5) is 0 Å². The van der Waals surface area contributed by atoms with E-state index < -0.39 is 0 Å². The Morgan fingerprint density at radius 3 is 3.00 bits per heavy atom. The SMILES string of the molecule is C#CCC[CH]C[N]CC. The molecule has 0 rings (SSSR count). The fourth-order valence-electron chi connectivity index (χ4n) is 0.497. The topological polar surface area (TPSA) is 14.1 Å². The van der Waals surface area contributed by atoms with Crippen molar-refractivity contribution in [1.29, 1.82) is 0 Å². The van der Waals surface area contributed by atoms with Crippen LogP contribution >= 0.6 is 0 Å².